The third-order valence-corrected chi connectivity index (χ3v) is 3.18. The van der Waals surface area contributed by atoms with Crippen molar-refractivity contribution in [1.29, 1.82) is 0 Å². The molecule has 2 N–H and O–H groups in total. The summed E-state index contributed by atoms with van der Waals surface area (Å²) in [6, 6.07) is 7.12. The van der Waals surface area contributed by atoms with Gasteiger partial charge in [-0.05, 0) is 32.0 Å². The number of halogens is 1. The summed E-state index contributed by atoms with van der Waals surface area (Å²) in [6.07, 6.45) is 0. The van der Waals surface area contributed by atoms with Gasteiger partial charge in [-0.15, -0.1) is 0 Å². The van der Waals surface area contributed by atoms with E-state index in [1.54, 1.807) is 13.2 Å². The summed E-state index contributed by atoms with van der Waals surface area (Å²) in [5, 5.41) is 0.628. The van der Waals surface area contributed by atoms with Gasteiger partial charge in [-0.2, -0.15) is 0 Å². The lowest BCUT2D eigenvalue weighted by Gasteiger charge is -2.15. The van der Waals surface area contributed by atoms with Gasteiger partial charge in [-0.1, -0.05) is 17.7 Å². The first-order valence-corrected chi connectivity index (χ1v) is 6.06. The molecule has 18 heavy (non-hydrogen) atoms. The third-order valence-electron chi connectivity index (χ3n) is 2.95. The Labute approximate surface area is 111 Å². The molecule has 0 aliphatic rings. The van der Waals surface area contributed by atoms with Crippen molar-refractivity contribution in [1.82, 2.24) is 0 Å². The van der Waals surface area contributed by atoms with Gasteiger partial charge in [0.1, 0.15) is 17.3 Å². The Morgan fingerprint density at radius 1 is 1.22 bits per heavy atom. The third kappa shape index (κ3) is 2.37. The maximum absolute atomic E-state index is 6.27. The topological polar surface area (TPSA) is 48.4 Å². The van der Waals surface area contributed by atoms with Crippen molar-refractivity contribution in [2.45, 2.75) is 19.9 Å². The average Bonchev–Trinajstić information content (AvgIpc) is 2.67. The van der Waals surface area contributed by atoms with Gasteiger partial charge in [0.2, 0.25) is 0 Å². The highest BCUT2D eigenvalue weighted by Crippen LogP contribution is 2.32. The SMILES string of the molecule is COc1cc(Cl)ccc1C(N)c1cc(C)oc1C. The van der Waals surface area contributed by atoms with E-state index >= 15 is 0 Å². The monoisotopic (exact) mass is 265 g/mol. The molecule has 0 aliphatic heterocycles. The van der Waals surface area contributed by atoms with Crippen LogP contribution >= 0.6 is 11.6 Å². The molecule has 1 unspecified atom stereocenters. The van der Waals surface area contributed by atoms with Crippen LogP contribution in [0.2, 0.25) is 5.02 Å². The predicted octanol–water partition coefficient (Wildman–Crippen LogP) is 3.61. The van der Waals surface area contributed by atoms with Crippen molar-refractivity contribution >= 4 is 11.6 Å². The Morgan fingerprint density at radius 2 is 1.94 bits per heavy atom. The fourth-order valence-corrected chi connectivity index (χ4v) is 2.23. The van der Waals surface area contributed by atoms with E-state index in [0.717, 1.165) is 22.6 Å². The maximum atomic E-state index is 6.27. The minimum Gasteiger partial charge on any atom is -0.496 e. The molecule has 2 aromatic rings. The fourth-order valence-electron chi connectivity index (χ4n) is 2.07. The van der Waals surface area contributed by atoms with Gasteiger partial charge >= 0.3 is 0 Å². The molecular formula is C14H16ClNO2. The highest BCUT2D eigenvalue weighted by molar-refractivity contribution is 6.30. The lowest BCUT2D eigenvalue weighted by Crippen LogP contribution is -2.13. The number of benzene rings is 1. The van der Waals surface area contributed by atoms with Crippen LogP contribution in [0.5, 0.6) is 5.75 Å². The zero-order valence-corrected chi connectivity index (χ0v) is 11.4. The van der Waals surface area contributed by atoms with Crippen molar-refractivity contribution in [3.05, 3.63) is 51.9 Å². The first kappa shape index (κ1) is 13.0. The van der Waals surface area contributed by atoms with Crippen LogP contribution in [0.15, 0.2) is 28.7 Å². The van der Waals surface area contributed by atoms with E-state index in [2.05, 4.69) is 0 Å². The smallest absolute Gasteiger partial charge is 0.125 e. The second-order valence-corrected chi connectivity index (χ2v) is 4.67. The number of hydrogen-bond donors (Lipinski definition) is 1. The molecule has 0 saturated carbocycles. The van der Waals surface area contributed by atoms with E-state index in [4.69, 9.17) is 26.5 Å². The van der Waals surface area contributed by atoms with Crippen LogP contribution in [-0.4, -0.2) is 7.11 Å². The summed E-state index contributed by atoms with van der Waals surface area (Å²) < 4.78 is 10.8. The molecule has 0 fully saturated rings. The Bertz CT molecular complexity index is 563. The molecule has 1 aromatic carbocycles. The Balaban J connectivity index is 2.45. The number of aryl methyl sites for hydroxylation is 2. The molecule has 0 aliphatic carbocycles. The number of rotatable bonds is 3. The molecule has 1 atom stereocenters. The van der Waals surface area contributed by atoms with Crippen LogP contribution in [0, 0.1) is 13.8 Å². The lowest BCUT2D eigenvalue weighted by molar-refractivity contribution is 0.407. The zero-order chi connectivity index (χ0) is 13.3. The minimum absolute atomic E-state index is 0.283. The van der Waals surface area contributed by atoms with Crippen LogP contribution in [0.4, 0.5) is 0 Å². The number of hydrogen-bond acceptors (Lipinski definition) is 3. The molecule has 0 spiro atoms. The van der Waals surface area contributed by atoms with Crippen LogP contribution in [0.3, 0.4) is 0 Å². The Kier molecular flexibility index (Phi) is 3.64. The molecule has 3 nitrogen and oxygen atoms in total. The molecule has 0 bridgehead atoms. The van der Waals surface area contributed by atoms with E-state index in [-0.39, 0.29) is 6.04 Å². The van der Waals surface area contributed by atoms with Gasteiger partial charge in [0.05, 0.1) is 13.2 Å². The number of nitrogens with two attached hydrogens (primary N) is 1. The summed E-state index contributed by atoms with van der Waals surface area (Å²) in [7, 11) is 1.61. The predicted molar refractivity (Wildman–Crippen MR) is 72.2 cm³/mol. The zero-order valence-electron chi connectivity index (χ0n) is 10.7. The van der Waals surface area contributed by atoms with Gasteiger partial charge in [-0.3, -0.25) is 0 Å². The highest BCUT2D eigenvalue weighted by atomic mass is 35.5. The Hall–Kier alpha value is -1.45. The molecule has 1 aromatic heterocycles. The number of ether oxygens (including phenoxy) is 1. The van der Waals surface area contributed by atoms with Gasteiger partial charge in [0.15, 0.2) is 0 Å². The van der Waals surface area contributed by atoms with E-state index in [1.165, 1.54) is 0 Å². The molecule has 4 heteroatoms. The lowest BCUT2D eigenvalue weighted by atomic mass is 9.99. The molecule has 2 rings (SSSR count). The number of furan rings is 1. The first-order chi connectivity index (χ1) is 8.52. The van der Waals surface area contributed by atoms with Crippen molar-refractivity contribution in [2.75, 3.05) is 7.11 Å². The summed E-state index contributed by atoms with van der Waals surface area (Å²) in [5.74, 6) is 2.37. The van der Waals surface area contributed by atoms with Crippen molar-refractivity contribution in [3.8, 4) is 5.75 Å². The van der Waals surface area contributed by atoms with Crippen molar-refractivity contribution in [3.63, 3.8) is 0 Å². The summed E-state index contributed by atoms with van der Waals surface area (Å²) in [6.45, 7) is 3.81. The van der Waals surface area contributed by atoms with Gasteiger partial charge < -0.3 is 14.9 Å². The summed E-state index contributed by atoms with van der Waals surface area (Å²) >= 11 is 5.94. The largest absolute Gasteiger partial charge is 0.496 e. The van der Waals surface area contributed by atoms with E-state index < -0.39 is 0 Å². The second-order valence-electron chi connectivity index (χ2n) is 4.23. The quantitative estimate of drug-likeness (QED) is 0.922. The maximum Gasteiger partial charge on any atom is 0.125 e. The summed E-state index contributed by atoms with van der Waals surface area (Å²) in [4.78, 5) is 0. The van der Waals surface area contributed by atoms with Crippen LogP contribution in [-0.2, 0) is 0 Å². The van der Waals surface area contributed by atoms with Crippen molar-refractivity contribution in [2.24, 2.45) is 5.73 Å². The standard InChI is InChI=1S/C14H16ClNO2/c1-8-6-12(9(2)18-8)14(16)11-5-4-10(15)7-13(11)17-3/h4-7,14H,16H2,1-3H3. The fraction of sp³-hybridized carbons (Fsp3) is 0.286. The highest BCUT2D eigenvalue weighted by Gasteiger charge is 2.18. The van der Waals surface area contributed by atoms with Gasteiger partial charge in [0, 0.05) is 16.1 Å². The second kappa shape index (κ2) is 5.04. The van der Waals surface area contributed by atoms with Crippen LogP contribution in [0.25, 0.3) is 0 Å². The summed E-state index contributed by atoms with van der Waals surface area (Å²) in [5.41, 5.74) is 8.13. The van der Waals surface area contributed by atoms with E-state index in [0.29, 0.717) is 10.8 Å². The first-order valence-electron chi connectivity index (χ1n) is 5.69. The van der Waals surface area contributed by atoms with Crippen LogP contribution in [0.1, 0.15) is 28.7 Å². The molecule has 96 valence electrons. The molecule has 0 saturated heterocycles. The molecular weight excluding hydrogens is 250 g/mol. The van der Waals surface area contributed by atoms with E-state index in [9.17, 15) is 0 Å². The van der Waals surface area contributed by atoms with Crippen molar-refractivity contribution < 1.29 is 9.15 Å². The van der Waals surface area contributed by atoms with Crippen LogP contribution < -0.4 is 10.5 Å². The average molecular weight is 266 g/mol. The minimum atomic E-state index is -0.283. The van der Waals surface area contributed by atoms with Gasteiger partial charge in [0.25, 0.3) is 0 Å². The molecule has 0 radical (unpaired) electrons. The molecule has 0 amide bonds. The van der Waals surface area contributed by atoms with E-state index in [1.807, 2.05) is 32.0 Å². The Morgan fingerprint density at radius 3 is 2.50 bits per heavy atom. The number of methoxy groups -OCH3 is 1. The molecule has 1 heterocycles. The van der Waals surface area contributed by atoms with Gasteiger partial charge in [-0.25, -0.2) is 0 Å². The normalized spacial score (nSPS) is 12.5.